The summed E-state index contributed by atoms with van der Waals surface area (Å²) in [6, 6.07) is 4.13. The molecule has 0 aliphatic rings. The van der Waals surface area contributed by atoms with Crippen molar-refractivity contribution in [1.82, 2.24) is 0 Å². The lowest BCUT2D eigenvalue weighted by Crippen LogP contribution is -2.12. The normalized spacial score (nSPS) is 11.4. The Hall–Kier alpha value is -1.42. The highest BCUT2D eigenvalue weighted by Gasteiger charge is 2.26. The topological polar surface area (TPSA) is 89.3 Å². The Morgan fingerprint density at radius 3 is 2.52 bits per heavy atom. The van der Waals surface area contributed by atoms with Crippen LogP contribution in [0.5, 0.6) is 0 Å². The lowest BCUT2D eigenvalue weighted by atomic mass is 10.3. The third-order valence-corrected chi connectivity index (χ3v) is 5.69. The molecule has 1 heterocycles. The van der Waals surface area contributed by atoms with Crippen molar-refractivity contribution in [2.45, 2.75) is 4.21 Å². The maximum Gasteiger partial charge on any atom is 0.300 e. The zero-order valence-electron chi connectivity index (χ0n) is 9.84. The van der Waals surface area contributed by atoms with E-state index in [9.17, 15) is 22.9 Å². The summed E-state index contributed by atoms with van der Waals surface area (Å²) in [5.74, 6) is -0.833. The van der Waals surface area contributed by atoms with Gasteiger partial charge in [0.05, 0.1) is 10.6 Å². The van der Waals surface area contributed by atoms with Crippen LogP contribution in [0.15, 0.2) is 28.5 Å². The number of nitro groups is 1. The van der Waals surface area contributed by atoms with Crippen LogP contribution in [0.25, 0.3) is 0 Å². The number of benzene rings is 1. The minimum Gasteiger partial charge on any atom is -0.276 e. The Balaban J connectivity index is 2.41. The largest absolute Gasteiger partial charge is 0.300 e. The molecule has 0 aliphatic heterocycles. The molecule has 0 bridgehead atoms. The number of hydrogen-bond acceptors (Lipinski definition) is 5. The first-order valence-corrected chi connectivity index (χ1v) is 8.18. The zero-order valence-corrected chi connectivity index (χ0v) is 13.0. The molecule has 0 aliphatic carbocycles. The number of anilines is 1. The number of hydrogen-bond donors (Lipinski definition) is 1. The Bertz CT molecular complexity index is 822. The number of rotatable bonds is 4. The number of thiophene rings is 1. The first-order valence-electron chi connectivity index (χ1n) is 5.12. The van der Waals surface area contributed by atoms with E-state index in [1.807, 2.05) is 4.72 Å². The van der Waals surface area contributed by atoms with Gasteiger partial charge in [0.25, 0.3) is 15.7 Å². The van der Waals surface area contributed by atoms with E-state index in [0.717, 1.165) is 18.2 Å². The Kier molecular flexibility index (Phi) is 4.38. The van der Waals surface area contributed by atoms with E-state index in [4.69, 9.17) is 23.2 Å². The minimum absolute atomic E-state index is 0.129. The maximum absolute atomic E-state index is 13.5. The van der Waals surface area contributed by atoms with Gasteiger partial charge in [-0.25, -0.2) is 12.8 Å². The second-order valence-electron chi connectivity index (χ2n) is 3.71. The number of nitrogens with one attached hydrogen (secondary N) is 1. The highest BCUT2D eigenvalue weighted by Crippen LogP contribution is 2.37. The van der Waals surface area contributed by atoms with Crippen molar-refractivity contribution in [2.24, 2.45) is 0 Å². The fraction of sp³-hybridized carbons (Fsp3) is 0. The molecule has 0 unspecified atom stereocenters. The van der Waals surface area contributed by atoms with Gasteiger partial charge in [-0.3, -0.25) is 14.8 Å². The second kappa shape index (κ2) is 5.76. The van der Waals surface area contributed by atoms with E-state index < -0.39 is 30.7 Å². The van der Waals surface area contributed by atoms with Gasteiger partial charge in [0, 0.05) is 11.1 Å². The van der Waals surface area contributed by atoms with Gasteiger partial charge in [0.2, 0.25) is 0 Å². The van der Waals surface area contributed by atoms with Crippen molar-refractivity contribution in [2.75, 3.05) is 4.72 Å². The maximum atomic E-state index is 13.5. The SMILES string of the molecule is O=[N+]([O-])c1cc(S(=O)(=O)Nc2cc(Cl)ccc2F)sc1Cl. The number of sulfonamides is 1. The summed E-state index contributed by atoms with van der Waals surface area (Å²) in [4.78, 5) is 9.85. The summed E-state index contributed by atoms with van der Waals surface area (Å²) < 4.78 is 38.9. The molecule has 11 heteroatoms. The van der Waals surface area contributed by atoms with Crippen LogP contribution in [-0.4, -0.2) is 13.3 Å². The van der Waals surface area contributed by atoms with Gasteiger partial charge < -0.3 is 0 Å². The molecule has 0 spiro atoms. The third-order valence-electron chi connectivity index (χ3n) is 2.28. The first kappa shape index (κ1) is 16.0. The van der Waals surface area contributed by atoms with Gasteiger partial charge in [-0.15, -0.1) is 11.3 Å². The van der Waals surface area contributed by atoms with Crippen LogP contribution in [0.4, 0.5) is 15.8 Å². The summed E-state index contributed by atoms with van der Waals surface area (Å²) in [5.41, 5.74) is -0.900. The molecule has 2 aromatic rings. The molecule has 1 aromatic carbocycles. The molecule has 0 amide bonds. The van der Waals surface area contributed by atoms with E-state index in [-0.39, 0.29) is 15.0 Å². The average molecular weight is 371 g/mol. The van der Waals surface area contributed by atoms with Crippen molar-refractivity contribution in [3.63, 3.8) is 0 Å². The summed E-state index contributed by atoms with van der Waals surface area (Å²) >= 11 is 11.7. The van der Waals surface area contributed by atoms with Gasteiger partial charge in [0.15, 0.2) is 4.34 Å². The van der Waals surface area contributed by atoms with Crippen molar-refractivity contribution in [3.8, 4) is 0 Å². The van der Waals surface area contributed by atoms with Gasteiger partial charge in [0.1, 0.15) is 10.0 Å². The van der Waals surface area contributed by atoms with Crippen molar-refractivity contribution in [1.29, 1.82) is 0 Å². The van der Waals surface area contributed by atoms with Crippen molar-refractivity contribution < 1.29 is 17.7 Å². The summed E-state index contributed by atoms with van der Waals surface area (Å²) in [6.45, 7) is 0. The Morgan fingerprint density at radius 2 is 1.95 bits per heavy atom. The molecular formula is C10H5Cl2FN2O4S2. The molecule has 1 N–H and O–H groups in total. The first-order chi connectivity index (χ1) is 9.70. The van der Waals surface area contributed by atoms with Crippen LogP contribution in [-0.2, 0) is 10.0 Å². The number of halogens is 3. The molecule has 21 heavy (non-hydrogen) atoms. The summed E-state index contributed by atoms with van der Waals surface area (Å²) in [6.07, 6.45) is 0. The van der Waals surface area contributed by atoms with Crippen molar-refractivity contribution in [3.05, 3.63) is 49.6 Å². The smallest absolute Gasteiger partial charge is 0.276 e. The van der Waals surface area contributed by atoms with Crippen LogP contribution in [0.2, 0.25) is 9.36 Å². The van der Waals surface area contributed by atoms with E-state index >= 15 is 0 Å². The second-order valence-corrected chi connectivity index (χ2v) is 7.71. The highest BCUT2D eigenvalue weighted by molar-refractivity contribution is 7.94. The molecule has 1 aromatic heterocycles. The van der Waals surface area contributed by atoms with Crippen LogP contribution in [0.3, 0.4) is 0 Å². The van der Waals surface area contributed by atoms with Gasteiger partial charge in [-0.2, -0.15) is 0 Å². The van der Waals surface area contributed by atoms with Crippen LogP contribution in [0, 0.1) is 15.9 Å². The van der Waals surface area contributed by atoms with E-state index in [2.05, 4.69) is 0 Å². The molecule has 112 valence electrons. The lowest BCUT2D eigenvalue weighted by molar-refractivity contribution is -0.384. The quantitative estimate of drug-likeness (QED) is 0.652. The number of nitrogens with zero attached hydrogens (tertiary/aromatic N) is 1. The molecule has 0 fully saturated rings. The van der Waals surface area contributed by atoms with Crippen LogP contribution >= 0.6 is 34.5 Å². The molecule has 0 atom stereocenters. The molecule has 0 saturated heterocycles. The van der Waals surface area contributed by atoms with Crippen LogP contribution < -0.4 is 4.72 Å². The van der Waals surface area contributed by atoms with Gasteiger partial charge >= 0.3 is 0 Å². The molecular weight excluding hydrogens is 366 g/mol. The van der Waals surface area contributed by atoms with Crippen molar-refractivity contribution >= 4 is 55.9 Å². The summed E-state index contributed by atoms with van der Waals surface area (Å²) in [7, 11) is -4.21. The standard InChI is InChI=1S/C10H5Cl2FN2O4S2/c11-5-1-2-6(13)7(3-5)14-21(18,19)9-4-8(15(16)17)10(12)20-9/h1-4,14H. The van der Waals surface area contributed by atoms with Gasteiger partial charge in [-0.05, 0) is 18.2 Å². The third kappa shape index (κ3) is 3.43. The van der Waals surface area contributed by atoms with E-state index in [0.29, 0.717) is 11.3 Å². The molecule has 6 nitrogen and oxygen atoms in total. The monoisotopic (exact) mass is 370 g/mol. The average Bonchev–Trinajstić information content (AvgIpc) is 2.77. The molecule has 2 rings (SSSR count). The van der Waals surface area contributed by atoms with E-state index in [1.54, 1.807) is 0 Å². The predicted molar refractivity (Wildman–Crippen MR) is 78.2 cm³/mol. The lowest BCUT2D eigenvalue weighted by Gasteiger charge is -2.07. The summed E-state index contributed by atoms with van der Waals surface area (Å²) in [5, 5.41) is 10.8. The van der Waals surface area contributed by atoms with Crippen LogP contribution in [0.1, 0.15) is 0 Å². The predicted octanol–water partition coefficient (Wildman–Crippen LogP) is 3.90. The highest BCUT2D eigenvalue weighted by atomic mass is 35.5. The zero-order chi connectivity index (χ0) is 15.8. The van der Waals surface area contributed by atoms with Gasteiger partial charge in [-0.1, -0.05) is 23.2 Å². The molecule has 0 radical (unpaired) electrons. The van der Waals surface area contributed by atoms with E-state index in [1.165, 1.54) is 6.07 Å². The fourth-order valence-electron chi connectivity index (χ4n) is 1.37. The minimum atomic E-state index is -4.21. The Labute approximate surface area is 132 Å². The molecule has 0 saturated carbocycles. The fourth-order valence-corrected chi connectivity index (χ4v) is 4.26. The Morgan fingerprint density at radius 1 is 1.29 bits per heavy atom.